The first-order valence-corrected chi connectivity index (χ1v) is 7.22. The number of aliphatic hydroxyl groups excluding tert-OH is 1. The van der Waals surface area contributed by atoms with Crippen LogP contribution in [0.3, 0.4) is 0 Å². The molecule has 0 radical (unpaired) electrons. The molecule has 2 aliphatic rings. The van der Waals surface area contributed by atoms with E-state index in [1.807, 2.05) is 0 Å². The van der Waals surface area contributed by atoms with E-state index >= 15 is 0 Å². The van der Waals surface area contributed by atoms with Crippen molar-refractivity contribution in [2.45, 2.75) is 44.4 Å². The largest absolute Gasteiger partial charge is 0.480 e. The molecule has 1 aliphatic carbocycles. The molecule has 1 saturated heterocycles. The lowest BCUT2D eigenvalue weighted by Gasteiger charge is -2.24. The molecule has 0 aromatic carbocycles. The van der Waals surface area contributed by atoms with Crippen molar-refractivity contribution in [3.05, 3.63) is 0 Å². The highest BCUT2D eigenvalue weighted by molar-refractivity contribution is 5.83. The lowest BCUT2D eigenvalue weighted by atomic mass is 10.2. The van der Waals surface area contributed by atoms with E-state index in [0.717, 1.165) is 13.1 Å². The Morgan fingerprint density at radius 3 is 2.65 bits per heavy atom. The number of hydrogen-bond acceptors (Lipinski definition) is 4. The maximum atomic E-state index is 12.0. The van der Waals surface area contributed by atoms with Gasteiger partial charge in [0.05, 0.1) is 6.10 Å². The monoisotopic (exact) mass is 285 g/mol. The van der Waals surface area contributed by atoms with Gasteiger partial charge in [0.1, 0.15) is 6.04 Å². The van der Waals surface area contributed by atoms with Crippen molar-refractivity contribution in [1.82, 2.24) is 15.1 Å². The summed E-state index contributed by atoms with van der Waals surface area (Å²) in [6.07, 6.45) is 1.80. The smallest absolute Gasteiger partial charge is 0.326 e. The molecule has 3 N–H and O–H groups in total. The van der Waals surface area contributed by atoms with Crippen LogP contribution in [0.2, 0.25) is 0 Å². The number of β-amino-alcohol motifs (C(OH)–C–C–N with tert-alkyl or cyclic N) is 1. The zero-order chi connectivity index (χ0) is 14.7. The third-order valence-electron chi connectivity index (χ3n) is 3.97. The Hall–Kier alpha value is -1.34. The summed E-state index contributed by atoms with van der Waals surface area (Å²) in [5, 5.41) is 21.3. The Balaban J connectivity index is 1.77. The number of aliphatic hydroxyl groups is 1. The van der Waals surface area contributed by atoms with Gasteiger partial charge < -0.3 is 20.4 Å². The second kappa shape index (κ2) is 6.41. The predicted octanol–water partition coefficient (Wildman–Crippen LogP) is -0.300. The van der Waals surface area contributed by atoms with Crippen LogP contribution in [0.4, 0.5) is 4.79 Å². The molecule has 0 spiro atoms. The molecular formula is C13H23N3O4. The molecule has 7 heteroatoms. The Labute approximate surface area is 118 Å². The minimum Gasteiger partial charge on any atom is -0.480 e. The second-order valence-electron chi connectivity index (χ2n) is 5.49. The number of carbonyl (C=O) groups excluding carboxylic acids is 1. The molecule has 1 saturated carbocycles. The number of nitrogens with zero attached hydrogens (tertiary/aromatic N) is 2. The van der Waals surface area contributed by atoms with Crippen LogP contribution in [0.25, 0.3) is 0 Å². The number of rotatable bonds is 6. The van der Waals surface area contributed by atoms with E-state index in [1.54, 1.807) is 0 Å². The van der Waals surface area contributed by atoms with E-state index in [0.29, 0.717) is 12.6 Å². The van der Waals surface area contributed by atoms with E-state index in [4.69, 9.17) is 5.11 Å². The normalized spacial score (nSPS) is 26.1. The summed E-state index contributed by atoms with van der Waals surface area (Å²) in [6.45, 7) is 4.42. The minimum atomic E-state index is -1.06. The predicted molar refractivity (Wildman–Crippen MR) is 72.4 cm³/mol. The Morgan fingerprint density at radius 1 is 1.40 bits per heavy atom. The molecule has 0 bridgehead atoms. The van der Waals surface area contributed by atoms with Gasteiger partial charge in [0.15, 0.2) is 0 Å². The van der Waals surface area contributed by atoms with Crippen LogP contribution >= 0.6 is 0 Å². The van der Waals surface area contributed by atoms with Crippen LogP contribution in [-0.2, 0) is 4.79 Å². The number of amides is 2. The standard InChI is InChI=1S/C13H23N3O4/c1-2-15(9-3-4-9)6-5-14-13(20)16-8-10(17)7-11(16)12(18)19/h9-11,17H,2-8H2,1H3,(H,14,20)(H,18,19). The number of hydrogen-bond donors (Lipinski definition) is 3. The van der Waals surface area contributed by atoms with E-state index in [-0.39, 0.29) is 13.0 Å². The summed E-state index contributed by atoms with van der Waals surface area (Å²) in [5.74, 6) is -1.06. The number of nitrogens with one attached hydrogen (secondary N) is 1. The van der Waals surface area contributed by atoms with Gasteiger partial charge >= 0.3 is 12.0 Å². The molecule has 114 valence electrons. The van der Waals surface area contributed by atoms with Crippen molar-refractivity contribution in [2.24, 2.45) is 0 Å². The van der Waals surface area contributed by atoms with Gasteiger partial charge in [-0.2, -0.15) is 0 Å². The number of likely N-dealkylation sites (tertiary alicyclic amines) is 1. The highest BCUT2D eigenvalue weighted by Gasteiger charge is 2.38. The van der Waals surface area contributed by atoms with Crippen molar-refractivity contribution < 1.29 is 19.8 Å². The first-order chi connectivity index (χ1) is 9.52. The van der Waals surface area contributed by atoms with Crippen LogP contribution in [0.1, 0.15) is 26.2 Å². The van der Waals surface area contributed by atoms with Gasteiger partial charge in [0.25, 0.3) is 0 Å². The number of likely N-dealkylation sites (N-methyl/N-ethyl adjacent to an activating group) is 1. The maximum absolute atomic E-state index is 12.0. The molecule has 2 amide bonds. The molecular weight excluding hydrogens is 262 g/mol. The van der Waals surface area contributed by atoms with Crippen LogP contribution < -0.4 is 5.32 Å². The average Bonchev–Trinajstić information content (AvgIpc) is 3.16. The molecule has 2 fully saturated rings. The Bertz CT molecular complexity index is 373. The summed E-state index contributed by atoms with van der Waals surface area (Å²) in [5.41, 5.74) is 0. The van der Waals surface area contributed by atoms with Crippen LogP contribution in [-0.4, -0.2) is 76.4 Å². The first kappa shape index (κ1) is 15.1. The van der Waals surface area contributed by atoms with Crippen molar-refractivity contribution >= 4 is 12.0 Å². The summed E-state index contributed by atoms with van der Waals surface area (Å²) < 4.78 is 0. The number of carbonyl (C=O) groups is 2. The number of aliphatic carboxylic acids is 1. The van der Waals surface area contributed by atoms with Crippen molar-refractivity contribution in [1.29, 1.82) is 0 Å². The van der Waals surface area contributed by atoms with Crippen LogP contribution in [0.15, 0.2) is 0 Å². The van der Waals surface area contributed by atoms with E-state index in [2.05, 4.69) is 17.1 Å². The average molecular weight is 285 g/mol. The van der Waals surface area contributed by atoms with Gasteiger partial charge in [-0.1, -0.05) is 6.92 Å². The molecule has 2 unspecified atom stereocenters. The fourth-order valence-corrected chi connectivity index (χ4v) is 2.72. The number of urea groups is 1. The topological polar surface area (TPSA) is 93.1 Å². The Kier molecular flexibility index (Phi) is 4.82. The minimum absolute atomic E-state index is 0.0862. The zero-order valence-corrected chi connectivity index (χ0v) is 11.8. The van der Waals surface area contributed by atoms with Crippen molar-refractivity contribution in [3.8, 4) is 0 Å². The molecule has 7 nitrogen and oxygen atoms in total. The van der Waals surface area contributed by atoms with E-state index in [1.165, 1.54) is 17.7 Å². The van der Waals surface area contributed by atoms with Crippen molar-refractivity contribution in [2.75, 3.05) is 26.2 Å². The molecule has 20 heavy (non-hydrogen) atoms. The lowest BCUT2D eigenvalue weighted by Crippen LogP contribution is -2.48. The second-order valence-corrected chi connectivity index (χ2v) is 5.49. The molecule has 2 atom stereocenters. The molecule has 1 aliphatic heterocycles. The van der Waals surface area contributed by atoms with Gasteiger partial charge in [-0.15, -0.1) is 0 Å². The van der Waals surface area contributed by atoms with Gasteiger partial charge in [-0.3, -0.25) is 4.90 Å². The maximum Gasteiger partial charge on any atom is 0.326 e. The molecule has 0 aromatic heterocycles. The summed E-state index contributed by atoms with van der Waals surface area (Å²) >= 11 is 0. The highest BCUT2D eigenvalue weighted by atomic mass is 16.4. The molecule has 1 heterocycles. The SMILES string of the molecule is CCN(CCNC(=O)N1CC(O)CC1C(=O)O)C1CC1. The lowest BCUT2D eigenvalue weighted by molar-refractivity contribution is -0.141. The molecule has 2 rings (SSSR count). The third-order valence-corrected chi connectivity index (χ3v) is 3.97. The van der Waals surface area contributed by atoms with Gasteiger partial charge in [0, 0.05) is 32.1 Å². The summed E-state index contributed by atoms with van der Waals surface area (Å²) in [7, 11) is 0. The zero-order valence-electron chi connectivity index (χ0n) is 11.8. The highest BCUT2D eigenvalue weighted by Crippen LogP contribution is 2.25. The third kappa shape index (κ3) is 3.61. The van der Waals surface area contributed by atoms with Gasteiger partial charge in [-0.25, -0.2) is 9.59 Å². The van der Waals surface area contributed by atoms with E-state index in [9.17, 15) is 14.7 Å². The van der Waals surface area contributed by atoms with Gasteiger partial charge in [0.2, 0.25) is 0 Å². The number of carboxylic acids is 1. The van der Waals surface area contributed by atoms with Crippen molar-refractivity contribution in [3.63, 3.8) is 0 Å². The molecule has 0 aromatic rings. The fourth-order valence-electron chi connectivity index (χ4n) is 2.72. The van der Waals surface area contributed by atoms with E-state index < -0.39 is 24.1 Å². The fraction of sp³-hybridized carbons (Fsp3) is 0.846. The number of carboxylic acid groups (broad SMARTS) is 1. The van der Waals surface area contributed by atoms with Crippen LogP contribution in [0.5, 0.6) is 0 Å². The van der Waals surface area contributed by atoms with Gasteiger partial charge in [-0.05, 0) is 19.4 Å². The summed E-state index contributed by atoms with van der Waals surface area (Å²) in [6, 6.07) is -0.672. The first-order valence-electron chi connectivity index (χ1n) is 7.22. The Morgan fingerprint density at radius 2 is 2.10 bits per heavy atom. The summed E-state index contributed by atoms with van der Waals surface area (Å²) in [4.78, 5) is 26.6. The van der Waals surface area contributed by atoms with Crippen LogP contribution in [0, 0.1) is 0 Å². The quantitative estimate of drug-likeness (QED) is 0.623.